The number of furan rings is 1. The van der Waals surface area contributed by atoms with Gasteiger partial charge in [0, 0.05) is 49.7 Å². The monoisotopic (exact) mass is 930 g/mol. The zero-order valence-electron chi connectivity index (χ0n) is 39.9. The van der Waals surface area contributed by atoms with E-state index in [2.05, 4.69) is 276 Å². The molecule has 0 bridgehead atoms. The van der Waals surface area contributed by atoms with Gasteiger partial charge in [-0.3, -0.25) is 0 Å². The summed E-state index contributed by atoms with van der Waals surface area (Å²) in [6.07, 6.45) is 0. The third-order valence-electron chi connectivity index (χ3n) is 14.7. The van der Waals surface area contributed by atoms with Crippen molar-refractivity contribution in [3.8, 4) is 61.3 Å². The maximum absolute atomic E-state index is 6.54. The lowest BCUT2D eigenvalue weighted by Gasteiger charge is -2.26. The van der Waals surface area contributed by atoms with Crippen molar-refractivity contribution in [2.24, 2.45) is 0 Å². The minimum absolute atomic E-state index is 0.898. The summed E-state index contributed by atoms with van der Waals surface area (Å²) in [7, 11) is 0. The molecule has 342 valence electrons. The number of benzene rings is 12. The first-order valence-corrected chi connectivity index (χ1v) is 25.0. The van der Waals surface area contributed by atoms with Gasteiger partial charge in [0.1, 0.15) is 11.2 Å². The van der Waals surface area contributed by atoms with Crippen molar-refractivity contribution in [2.75, 3.05) is 4.90 Å². The molecule has 0 aliphatic carbocycles. The smallest absolute Gasteiger partial charge is 0.143 e. The van der Waals surface area contributed by atoms with Gasteiger partial charge in [0.05, 0.1) is 16.7 Å². The van der Waals surface area contributed by atoms with Gasteiger partial charge < -0.3 is 13.9 Å². The Balaban J connectivity index is 0.861. The molecule has 2 aromatic heterocycles. The fourth-order valence-electron chi connectivity index (χ4n) is 11.3. The van der Waals surface area contributed by atoms with E-state index < -0.39 is 0 Å². The van der Waals surface area contributed by atoms with E-state index in [0.717, 1.165) is 72.5 Å². The van der Waals surface area contributed by atoms with Gasteiger partial charge in [0.2, 0.25) is 0 Å². The van der Waals surface area contributed by atoms with Crippen LogP contribution in [0.5, 0.6) is 0 Å². The number of fused-ring (bicyclic) bond motifs is 7. The second kappa shape index (κ2) is 17.6. The summed E-state index contributed by atoms with van der Waals surface area (Å²) in [6.45, 7) is 0. The molecule has 3 heteroatoms. The first-order valence-electron chi connectivity index (χ1n) is 25.0. The van der Waals surface area contributed by atoms with E-state index in [1.54, 1.807) is 0 Å². The Morgan fingerprint density at radius 1 is 0.260 bits per heavy atom. The number of anilines is 3. The third kappa shape index (κ3) is 7.21. The molecular weight excluding hydrogens is 885 g/mol. The molecule has 0 fully saturated rings. The van der Waals surface area contributed by atoms with Crippen LogP contribution in [0.2, 0.25) is 0 Å². The summed E-state index contributed by atoms with van der Waals surface area (Å²) >= 11 is 0. The predicted octanol–water partition coefficient (Wildman–Crippen LogP) is 19.6. The number of hydrogen-bond acceptors (Lipinski definition) is 2. The van der Waals surface area contributed by atoms with E-state index in [0.29, 0.717) is 0 Å². The second-order valence-electron chi connectivity index (χ2n) is 18.8. The van der Waals surface area contributed by atoms with Gasteiger partial charge in [-0.15, -0.1) is 0 Å². The van der Waals surface area contributed by atoms with Gasteiger partial charge in [0.25, 0.3) is 0 Å². The Kier molecular flexibility index (Phi) is 10.2. The Hall–Kier alpha value is -9.70. The molecule has 0 spiro atoms. The van der Waals surface area contributed by atoms with Crippen LogP contribution in [0.25, 0.3) is 116 Å². The normalized spacial score (nSPS) is 11.6. The van der Waals surface area contributed by atoms with E-state index in [1.807, 2.05) is 12.1 Å². The fourth-order valence-corrected chi connectivity index (χ4v) is 11.3. The molecule has 0 amide bonds. The Bertz CT molecular complexity index is 4310. The first-order chi connectivity index (χ1) is 36.2. The maximum atomic E-state index is 6.54. The number of rotatable bonds is 9. The van der Waals surface area contributed by atoms with Crippen LogP contribution in [0.1, 0.15) is 0 Å². The number of nitrogens with zero attached hydrogens (tertiary/aromatic N) is 2. The molecule has 14 rings (SSSR count). The summed E-state index contributed by atoms with van der Waals surface area (Å²) in [5.74, 6) is 0. The summed E-state index contributed by atoms with van der Waals surface area (Å²) in [5, 5.41) is 7.24. The lowest BCUT2D eigenvalue weighted by molar-refractivity contribution is 0.670. The van der Waals surface area contributed by atoms with Gasteiger partial charge in [-0.1, -0.05) is 218 Å². The molecule has 0 radical (unpaired) electrons. The van der Waals surface area contributed by atoms with Gasteiger partial charge in [0.15, 0.2) is 0 Å². The van der Waals surface area contributed by atoms with Crippen molar-refractivity contribution in [3.63, 3.8) is 0 Å². The first kappa shape index (κ1) is 42.2. The van der Waals surface area contributed by atoms with Gasteiger partial charge in [-0.25, -0.2) is 0 Å². The lowest BCUT2D eigenvalue weighted by atomic mass is 9.93. The van der Waals surface area contributed by atoms with Crippen LogP contribution < -0.4 is 4.90 Å². The van der Waals surface area contributed by atoms with Crippen molar-refractivity contribution in [1.29, 1.82) is 0 Å². The quantitative estimate of drug-likeness (QED) is 0.144. The summed E-state index contributed by atoms with van der Waals surface area (Å²) in [6, 6.07) is 101. The SMILES string of the molecule is c1ccc(-c2ccccc2-n2c3ccccc3c3ccccc32)c(-c2ccc(N(c3ccc(-c4ccccc4-c4cccc5c4oc4ccccc45)cc3)c3ccc(-c4cccc5ccccc45)cc3)cc2)c1. The van der Waals surface area contributed by atoms with Crippen LogP contribution in [0.3, 0.4) is 0 Å². The minimum atomic E-state index is 0.898. The molecule has 12 aromatic carbocycles. The van der Waals surface area contributed by atoms with Crippen molar-refractivity contribution in [3.05, 3.63) is 279 Å². The van der Waals surface area contributed by atoms with Crippen LogP contribution in [0, 0.1) is 0 Å². The van der Waals surface area contributed by atoms with Gasteiger partial charge in [-0.05, 0) is 116 Å². The van der Waals surface area contributed by atoms with E-state index in [4.69, 9.17) is 4.42 Å². The zero-order valence-corrected chi connectivity index (χ0v) is 39.9. The van der Waals surface area contributed by atoms with E-state index in [1.165, 1.54) is 60.4 Å². The van der Waals surface area contributed by atoms with E-state index >= 15 is 0 Å². The van der Waals surface area contributed by atoms with E-state index in [-0.39, 0.29) is 0 Å². The van der Waals surface area contributed by atoms with Crippen molar-refractivity contribution < 1.29 is 4.42 Å². The number of aromatic nitrogens is 1. The maximum Gasteiger partial charge on any atom is 0.143 e. The molecule has 14 aromatic rings. The molecule has 2 heterocycles. The fraction of sp³-hybridized carbons (Fsp3) is 0. The Morgan fingerprint density at radius 3 is 1.27 bits per heavy atom. The topological polar surface area (TPSA) is 21.3 Å². The Morgan fingerprint density at radius 2 is 0.658 bits per heavy atom. The van der Waals surface area contributed by atoms with Crippen LogP contribution in [0.4, 0.5) is 17.1 Å². The molecule has 73 heavy (non-hydrogen) atoms. The molecule has 0 atom stereocenters. The molecule has 3 nitrogen and oxygen atoms in total. The second-order valence-corrected chi connectivity index (χ2v) is 18.8. The summed E-state index contributed by atoms with van der Waals surface area (Å²) < 4.78 is 8.97. The number of hydrogen-bond donors (Lipinski definition) is 0. The predicted molar refractivity (Wildman–Crippen MR) is 307 cm³/mol. The molecular formula is C70H46N2O. The molecule has 0 unspecified atom stereocenters. The molecule has 0 saturated heterocycles. The van der Waals surface area contributed by atoms with Crippen LogP contribution >= 0.6 is 0 Å². The van der Waals surface area contributed by atoms with Crippen LogP contribution in [0.15, 0.2) is 283 Å². The Labute approximate surface area is 423 Å². The number of para-hydroxylation sites is 5. The van der Waals surface area contributed by atoms with Gasteiger partial charge in [-0.2, -0.15) is 0 Å². The summed E-state index contributed by atoms with van der Waals surface area (Å²) in [5.41, 5.74) is 20.1. The largest absolute Gasteiger partial charge is 0.455 e. The molecule has 0 aliphatic heterocycles. The minimum Gasteiger partial charge on any atom is -0.455 e. The van der Waals surface area contributed by atoms with Crippen molar-refractivity contribution >= 4 is 71.6 Å². The lowest BCUT2D eigenvalue weighted by Crippen LogP contribution is -2.09. The highest BCUT2D eigenvalue weighted by Crippen LogP contribution is 2.44. The average molecular weight is 931 g/mol. The van der Waals surface area contributed by atoms with Crippen molar-refractivity contribution in [2.45, 2.75) is 0 Å². The van der Waals surface area contributed by atoms with E-state index in [9.17, 15) is 0 Å². The molecule has 0 N–H and O–H groups in total. The average Bonchev–Trinajstić information content (AvgIpc) is 4.03. The molecule has 0 saturated carbocycles. The highest BCUT2D eigenvalue weighted by Gasteiger charge is 2.20. The highest BCUT2D eigenvalue weighted by atomic mass is 16.3. The van der Waals surface area contributed by atoms with Gasteiger partial charge >= 0.3 is 0 Å². The van der Waals surface area contributed by atoms with Crippen LogP contribution in [-0.4, -0.2) is 4.57 Å². The standard InChI is InChI=1S/C70H46N2O/c1-2-19-54-47(17-1)18-15-28-55(54)48-35-41-51(42-36-48)71(53-45-39-50(40-46-53)57-21-4-6-23-59(57)64-29-16-30-65-63-27-10-14-34-69(63)73-70(64)65)52-43-37-49(38-44-52)56-20-3-5-22-58(56)60-24-7-11-31-66(60)72-67-32-12-8-25-61(67)62-26-9-13-33-68(62)72/h1-46H. The summed E-state index contributed by atoms with van der Waals surface area (Å²) in [4.78, 5) is 2.37. The third-order valence-corrected chi connectivity index (χ3v) is 14.7. The zero-order chi connectivity index (χ0) is 48.2. The molecule has 0 aliphatic rings. The van der Waals surface area contributed by atoms with Crippen LogP contribution in [-0.2, 0) is 0 Å². The highest BCUT2D eigenvalue weighted by molar-refractivity contribution is 6.11. The van der Waals surface area contributed by atoms with Crippen molar-refractivity contribution in [1.82, 2.24) is 4.57 Å².